The van der Waals surface area contributed by atoms with Crippen LogP contribution in [0.3, 0.4) is 0 Å². The lowest BCUT2D eigenvalue weighted by Gasteiger charge is -2.11. The molecule has 0 N–H and O–H groups in total. The smallest absolute Gasteiger partial charge is 0.238 e. The van der Waals surface area contributed by atoms with Gasteiger partial charge in [-0.1, -0.05) is 139 Å². The van der Waals surface area contributed by atoms with Crippen LogP contribution < -0.4 is 0 Å². The monoisotopic (exact) mass is 755 g/mol. The molecule has 0 amide bonds. The number of aromatic nitrogens is 4. The van der Waals surface area contributed by atoms with Gasteiger partial charge in [0.25, 0.3) is 0 Å². The molecule has 4 heterocycles. The number of hydrogen-bond acceptors (Lipinski definition) is 5. The minimum Gasteiger partial charge on any atom is -0.456 e. The van der Waals surface area contributed by atoms with E-state index in [9.17, 15) is 15.1 Å². The lowest BCUT2D eigenvalue weighted by atomic mass is 9.99. The van der Waals surface area contributed by atoms with Crippen molar-refractivity contribution in [2.45, 2.75) is 0 Å². The van der Waals surface area contributed by atoms with Gasteiger partial charge in [0, 0.05) is 43.4 Å². The molecule has 0 aliphatic rings. The van der Waals surface area contributed by atoms with E-state index in [2.05, 4.69) is 15.0 Å². The van der Waals surface area contributed by atoms with E-state index in [0.29, 0.717) is 0 Å². The van der Waals surface area contributed by atoms with Gasteiger partial charge in [0.05, 0.1) is 45.3 Å². The fourth-order valence-electron chi connectivity index (χ4n) is 6.68. The average Bonchev–Trinajstić information content (AvgIpc) is 2.11. The first kappa shape index (κ1) is 15.7. The van der Waals surface area contributed by atoms with Crippen LogP contribution >= 0.6 is 0 Å². The predicted octanol–water partition coefficient (Wildman–Crippen LogP) is 13.4. The highest BCUT2D eigenvalue weighted by atomic mass is 16.3. The number of hydrogen-bond donors (Lipinski definition) is 0. The fourth-order valence-corrected chi connectivity index (χ4v) is 6.68. The quantitative estimate of drug-likeness (QED) is 0.175. The van der Waals surface area contributed by atoms with Gasteiger partial charge in [0.1, 0.15) is 22.3 Å². The highest BCUT2D eigenvalue weighted by molar-refractivity contribution is 6.17. The van der Waals surface area contributed by atoms with Crippen molar-refractivity contribution in [3.8, 4) is 51.0 Å². The van der Waals surface area contributed by atoms with E-state index in [1.54, 1.807) is 30.3 Å². The van der Waals surface area contributed by atoms with Gasteiger partial charge in [0.15, 0.2) is 11.6 Å². The standard InChI is InChI=1S/C51H30N4O2/c1-3-12-31(13-4-1)32-22-24-34(25-23-32)49-52-50(35-26-27-39-46(28-35)57-45-21-11-18-36(48(39)45)33-14-5-2-6-15-33)54-51(53-49)55-42-19-9-7-16-37(42)40-30-47-41(29-43(40)55)38-17-8-10-20-44(38)56-47/h1-30H/i2D,5D,6D,7D,8D,9D,10D,11D,14D,15D,16D,17D,18D,19D,20D,21D,22D,23D,24D,25D,26D,27D,28D,29D,30D. The topological polar surface area (TPSA) is 69.9 Å². The van der Waals surface area contributed by atoms with E-state index in [4.69, 9.17) is 28.0 Å². The van der Waals surface area contributed by atoms with Gasteiger partial charge < -0.3 is 8.83 Å². The SMILES string of the molecule is [2H]c1c([2H])c([2H])c(-c2c([2H])c([2H])c([2H])c3oc4c([2H])c(-c5nc(-c6c([2H])c([2H])c(-c7ccccc7)c([2H])c6[2H])nc(-n6c7c([2H])c([2H])c([2H])c([2H])c7c7c([2H])c8oc9c([2H])c([2H])c([2H])c([2H])c9c8c([2H])c76)n5)c([2H])c([2H])c4c23)c([2H])c1[2H]. The maximum absolute atomic E-state index is 9.88. The van der Waals surface area contributed by atoms with Crippen molar-refractivity contribution >= 4 is 65.7 Å². The number of benzene rings is 8. The molecule has 8 aromatic carbocycles. The van der Waals surface area contributed by atoms with E-state index in [1.165, 1.54) is 0 Å². The van der Waals surface area contributed by atoms with Gasteiger partial charge in [-0.15, -0.1) is 0 Å². The van der Waals surface area contributed by atoms with E-state index in [0.717, 1.165) is 4.57 Å². The van der Waals surface area contributed by atoms with Crippen molar-refractivity contribution < 1.29 is 43.1 Å². The van der Waals surface area contributed by atoms with Gasteiger partial charge in [-0.2, -0.15) is 9.97 Å². The van der Waals surface area contributed by atoms with Crippen molar-refractivity contribution in [3.05, 3.63) is 181 Å². The van der Waals surface area contributed by atoms with Crippen LogP contribution in [0.1, 0.15) is 34.3 Å². The summed E-state index contributed by atoms with van der Waals surface area (Å²) in [7, 11) is 0. The van der Waals surface area contributed by atoms with E-state index >= 15 is 0 Å². The predicted molar refractivity (Wildman–Crippen MR) is 230 cm³/mol. The third kappa shape index (κ3) is 5.01. The fraction of sp³-hybridized carbons (Fsp3) is 0. The van der Waals surface area contributed by atoms with Gasteiger partial charge in [-0.05, 0) is 64.6 Å². The van der Waals surface area contributed by atoms with Gasteiger partial charge in [0.2, 0.25) is 5.95 Å². The minimum atomic E-state index is -0.943. The summed E-state index contributed by atoms with van der Waals surface area (Å²) in [5.41, 5.74) is -5.69. The van der Waals surface area contributed by atoms with Gasteiger partial charge in [-0.3, -0.25) is 4.57 Å². The Bertz CT molecular complexity index is 4940. The molecular weight excluding hydrogens is 701 g/mol. The van der Waals surface area contributed by atoms with E-state index in [-0.39, 0.29) is 21.9 Å². The van der Waals surface area contributed by atoms with Crippen molar-refractivity contribution in [1.82, 2.24) is 19.5 Å². The highest BCUT2D eigenvalue weighted by Crippen LogP contribution is 2.40. The van der Waals surface area contributed by atoms with Crippen molar-refractivity contribution in [3.63, 3.8) is 0 Å². The van der Waals surface area contributed by atoms with E-state index in [1.807, 2.05) is 0 Å². The zero-order valence-electron chi connectivity index (χ0n) is 53.5. The lowest BCUT2D eigenvalue weighted by Crippen LogP contribution is -2.06. The maximum atomic E-state index is 9.88. The second-order valence-electron chi connectivity index (χ2n) is 12.5. The zero-order chi connectivity index (χ0) is 59.2. The maximum Gasteiger partial charge on any atom is 0.238 e. The Morgan fingerprint density at radius 3 is 1.95 bits per heavy atom. The summed E-state index contributed by atoms with van der Waals surface area (Å²) in [4.78, 5) is 13.7. The van der Waals surface area contributed by atoms with Gasteiger partial charge >= 0.3 is 0 Å². The molecule has 0 fully saturated rings. The van der Waals surface area contributed by atoms with Crippen LogP contribution in [0.25, 0.3) is 117 Å². The molecule has 0 aliphatic heterocycles. The molecule has 0 atom stereocenters. The molecule has 6 nitrogen and oxygen atoms in total. The molecule has 0 saturated heterocycles. The van der Waals surface area contributed by atoms with Crippen LogP contribution in [0.2, 0.25) is 0 Å². The molecule has 0 saturated carbocycles. The Labute approximate surface area is 361 Å². The van der Waals surface area contributed by atoms with Crippen LogP contribution in [0.15, 0.2) is 190 Å². The number of fused-ring (bicyclic) bond motifs is 9. The molecule has 57 heavy (non-hydrogen) atoms. The van der Waals surface area contributed by atoms with E-state index < -0.39 is 246 Å². The highest BCUT2D eigenvalue weighted by Gasteiger charge is 2.21. The summed E-state index contributed by atoms with van der Waals surface area (Å²) in [6.45, 7) is 0. The summed E-state index contributed by atoms with van der Waals surface area (Å²) < 4.78 is 238. The van der Waals surface area contributed by atoms with Gasteiger partial charge in [-0.25, -0.2) is 4.98 Å². The van der Waals surface area contributed by atoms with Crippen molar-refractivity contribution in [1.29, 1.82) is 0 Å². The molecule has 0 spiro atoms. The van der Waals surface area contributed by atoms with Crippen LogP contribution in [-0.4, -0.2) is 19.5 Å². The molecule has 6 heteroatoms. The zero-order valence-corrected chi connectivity index (χ0v) is 28.5. The Hall–Kier alpha value is -7.83. The number of rotatable bonds is 5. The first-order valence-electron chi connectivity index (χ1n) is 29.5. The van der Waals surface area contributed by atoms with Crippen LogP contribution in [0.5, 0.6) is 0 Å². The Kier molecular flexibility index (Phi) is 3.41. The summed E-state index contributed by atoms with van der Waals surface area (Å²) in [5, 5.41) is -2.56. The third-order valence-corrected chi connectivity index (χ3v) is 9.20. The second kappa shape index (κ2) is 12.3. The molecular formula is C51H30N4O2. The Morgan fingerprint density at radius 1 is 0.404 bits per heavy atom. The molecule has 0 aliphatic carbocycles. The molecule has 4 aromatic heterocycles. The summed E-state index contributed by atoms with van der Waals surface area (Å²) >= 11 is 0. The first-order chi connectivity index (χ1) is 38.7. The first-order valence-corrected chi connectivity index (χ1v) is 17.0. The number of furan rings is 2. The summed E-state index contributed by atoms with van der Waals surface area (Å²) in [6, 6.07) is -11.5. The normalized spacial score (nSPS) is 18.0. The molecule has 0 unspecified atom stereocenters. The molecule has 12 aromatic rings. The van der Waals surface area contributed by atoms with Crippen LogP contribution in [0.4, 0.5) is 0 Å². The Balaban J connectivity index is 1.27. The second-order valence-corrected chi connectivity index (χ2v) is 12.5. The molecule has 266 valence electrons. The van der Waals surface area contributed by atoms with Crippen molar-refractivity contribution in [2.24, 2.45) is 0 Å². The summed E-state index contributed by atoms with van der Waals surface area (Å²) in [5.74, 6) is -2.38. The Morgan fingerprint density at radius 2 is 1.09 bits per heavy atom. The lowest BCUT2D eigenvalue weighted by molar-refractivity contribution is 0.669. The average molecular weight is 756 g/mol. The minimum absolute atomic E-state index is 0.150. The molecule has 0 bridgehead atoms. The van der Waals surface area contributed by atoms with Crippen molar-refractivity contribution in [2.75, 3.05) is 0 Å². The van der Waals surface area contributed by atoms with Crippen LogP contribution in [0, 0.1) is 0 Å². The number of para-hydroxylation sites is 2. The molecule has 12 rings (SSSR count). The number of nitrogens with zero attached hydrogens (tertiary/aromatic N) is 4. The third-order valence-electron chi connectivity index (χ3n) is 9.20. The summed E-state index contributed by atoms with van der Waals surface area (Å²) in [6.07, 6.45) is 0. The largest absolute Gasteiger partial charge is 0.456 e. The molecule has 0 radical (unpaired) electrons. The van der Waals surface area contributed by atoms with Crippen LogP contribution in [-0.2, 0) is 0 Å².